The van der Waals surface area contributed by atoms with Crippen LogP contribution in [-0.4, -0.2) is 5.92 Å². The number of terminal acetylenes is 1. The number of halogens is 2. The lowest BCUT2D eigenvalue weighted by Crippen LogP contribution is -2.11. The number of rotatable bonds is 3. The standard InChI is InChI=1S/C7H10F2/c1-3-5-6-7(8,9)4-2/h2H,3,5-6H2,1H3. The molecule has 0 saturated carbocycles. The molecule has 0 atom stereocenters. The van der Waals surface area contributed by atoms with Crippen LogP contribution in [0.1, 0.15) is 26.2 Å². The molecule has 0 fully saturated rings. The molecule has 0 aromatic heterocycles. The largest absolute Gasteiger partial charge is 0.307 e. The monoisotopic (exact) mass is 132 g/mol. The third kappa shape index (κ3) is 3.96. The van der Waals surface area contributed by atoms with E-state index in [1.54, 1.807) is 0 Å². The molecule has 0 aliphatic heterocycles. The molecule has 0 bridgehead atoms. The van der Waals surface area contributed by atoms with Gasteiger partial charge >= 0.3 is 5.92 Å². The van der Waals surface area contributed by atoms with Crippen molar-refractivity contribution >= 4 is 0 Å². The average molecular weight is 132 g/mol. The Morgan fingerprint density at radius 2 is 2.11 bits per heavy atom. The van der Waals surface area contributed by atoms with Gasteiger partial charge in [0.15, 0.2) is 0 Å². The van der Waals surface area contributed by atoms with Crippen molar-refractivity contribution in [3.05, 3.63) is 0 Å². The first kappa shape index (κ1) is 8.42. The van der Waals surface area contributed by atoms with E-state index in [0.29, 0.717) is 6.42 Å². The Hall–Kier alpha value is -0.580. The number of hydrogen-bond acceptors (Lipinski definition) is 0. The minimum Gasteiger partial charge on any atom is -0.192 e. The Morgan fingerprint density at radius 3 is 2.44 bits per heavy atom. The normalized spacial score (nSPS) is 10.9. The highest BCUT2D eigenvalue weighted by molar-refractivity contribution is 5.00. The first-order valence-corrected chi connectivity index (χ1v) is 2.98. The Bertz CT molecular complexity index is 111. The van der Waals surface area contributed by atoms with Crippen LogP contribution in [0, 0.1) is 12.3 Å². The molecular weight excluding hydrogens is 122 g/mol. The summed E-state index contributed by atoms with van der Waals surface area (Å²) in [5.74, 6) is -1.44. The van der Waals surface area contributed by atoms with Gasteiger partial charge in [0.25, 0.3) is 0 Å². The van der Waals surface area contributed by atoms with Crippen LogP contribution in [0.15, 0.2) is 0 Å². The van der Waals surface area contributed by atoms with Crippen LogP contribution in [0.2, 0.25) is 0 Å². The van der Waals surface area contributed by atoms with Gasteiger partial charge < -0.3 is 0 Å². The predicted octanol–water partition coefficient (Wildman–Crippen LogP) is 2.45. The fourth-order valence-electron chi connectivity index (χ4n) is 0.471. The Kier molecular flexibility index (Phi) is 3.22. The van der Waals surface area contributed by atoms with E-state index < -0.39 is 5.92 Å². The van der Waals surface area contributed by atoms with Crippen LogP contribution in [0.5, 0.6) is 0 Å². The maximum absolute atomic E-state index is 12.1. The SMILES string of the molecule is C#CC(F)(F)CCCC. The smallest absolute Gasteiger partial charge is 0.192 e. The molecule has 0 heterocycles. The summed E-state index contributed by atoms with van der Waals surface area (Å²) in [6.45, 7) is 1.85. The molecule has 0 aliphatic rings. The zero-order valence-corrected chi connectivity index (χ0v) is 5.45. The minimum atomic E-state index is -2.88. The molecule has 0 rings (SSSR count). The maximum Gasteiger partial charge on any atom is 0.307 e. The van der Waals surface area contributed by atoms with Crippen molar-refractivity contribution in [2.45, 2.75) is 32.1 Å². The topological polar surface area (TPSA) is 0 Å². The quantitative estimate of drug-likeness (QED) is 0.517. The van der Waals surface area contributed by atoms with E-state index in [9.17, 15) is 8.78 Å². The lowest BCUT2D eigenvalue weighted by atomic mass is 10.1. The summed E-state index contributed by atoms with van der Waals surface area (Å²) >= 11 is 0. The number of unbranched alkanes of at least 4 members (excludes halogenated alkanes) is 1. The fraction of sp³-hybridized carbons (Fsp3) is 0.714. The van der Waals surface area contributed by atoms with Gasteiger partial charge in [-0.05, 0) is 12.3 Å². The van der Waals surface area contributed by atoms with Gasteiger partial charge in [-0.15, -0.1) is 6.42 Å². The molecule has 0 N–H and O–H groups in total. The maximum atomic E-state index is 12.1. The van der Waals surface area contributed by atoms with Crippen molar-refractivity contribution < 1.29 is 8.78 Å². The highest BCUT2D eigenvalue weighted by Gasteiger charge is 2.23. The summed E-state index contributed by atoms with van der Waals surface area (Å²) in [5, 5.41) is 0. The van der Waals surface area contributed by atoms with Gasteiger partial charge in [0.1, 0.15) is 0 Å². The molecule has 0 nitrogen and oxygen atoms in total. The zero-order chi connectivity index (χ0) is 7.33. The number of hydrogen-bond donors (Lipinski definition) is 0. The minimum absolute atomic E-state index is 0.181. The van der Waals surface area contributed by atoms with E-state index in [2.05, 4.69) is 6.42 Å². The van der Waals surface area contributed by atoms with E-state index >= 15 is 0 Å². The molecule has 9 heavy (non-hydrogen) atoms. The van der Waals surface area contributed by atoms with E-state index in [0.717, 1.165) is 6.42 Å². The van der Waals surface area contributed by atoms with E-state index in [1.807, 2.05) is 6.92 Å². The average Bonchev–Trinajstić information content (AvgIpc) is 1.84. The zero-order valence-electron chi connectivity index (χ0n) is 5.45. The second-order valence-corrected chi connectivity index (χ2v) is 1.95. The van der Waals surface area contributed by atoms with Crippen molar-refractivity contribution in [2.75, 3.05) is 0 Å². The first-order valence-electron chi connectivity index (χ1n) is 2.98. The van der Waals surface area contributed by atoms with Crippen LogP contribution in [0.3, 0.4) is 0 Å². The van der Waals surface area contributed by atoms with Crippen molar-refractivity contribution in [2.24, 2.45) is 0 Å². The fourth-order valence-corrected chi connectivity index (χ4v) is 0.471. The van der Waals surface area contributed by atoms with Gasteiger partial charge in [-0.1, -0.05) is 13.3 Å². The van der Waals surface area contributed by atoms with Crippen molar-refractivity contribution in [3.8, 4) is 12.3 Å². The highest BCUT2D eigenvalue weighted by Crippen LogP contribution is 2.19. The predicted molar refractivity (Wildman–Crippen MR) is 33.3 cm³/mol. The van der Waals surface area contributed by atoms with Crippen molar-refractivity contribution in [1.29, 1.82) is 0 Å². The summed E-state index contributed by atoms with van der Waals surface area (Å²) in [6, 6.07) is 0. The molecule has 0 radical (unpaired) electrons. The van der Waals surface area contributed by atoms with Crippen LogP contribution in [-0.2, 0) is 0 Å². The Labute approximate surface area is 54.3 Å². The molecular formula is C7H10F2. The van der Waals surface area contributed by atoms with Gasteiger partial charge in [0, 0.05) is 6.42 Å². The van der Waals surface area contributed by atoms with E-state index in [4.69, 9.17) is 0 Å². The van der Waals surface area contributed by atoms with E-state index in [1.165, 1.54) is 5.92 Å². The van der Waals surface area contributed by atoms with Crippen LogP contribution >= 0.6 is 0 Å². The first-order chi connectivity index (χ1) is 4.12. The van der Waals surface area contributed by atoms with Gasteiger partial charge in [-0.2, -0.15) is 8.78 Å². The number of alkyl halides is 2. The highest BCUT2D eigenvalue weighted by atomic mass is 19.3. The van der Waals surface area contributed by atoms with Gasteiger partial charge in [0.2, 0.25) is 0 Å². The molecule has 2 heteroatoms. The molecule has 0 aromatic carbocycles. The molecule has 0 amide bonds. The summed E-state index contributed by atoms with van der Waals surface area (Å²) in [6.07, 6.45) is 5.62. The second kappa shape index (κ2) is 3.45. The summed E-state index contributed by atoms with van der Waals surface area (Å²) in [4.78, 5) is 0. The third-order valence-electron chi connectivity index (χ3n) is 1.06. The molecule has 0 unspecified atom stereocenters. The Morgan fingerprint density at radius 1 is 1.56 bits per heavy atom. The van der Waals surface area contributed by atoms with Crippen molar-refractivity contribution in [1.82, 2.24) is 0 Å². The molecule has 52 valence electrons. The van der Waals surface area contributed by atoms with Gasteiger partial charge in [0.05, 0.1) is 0 Å². The Balaban J connectivity index is 3.49. The van der Waals surface area contributed by atoms with Crippen LogP contribution < -0.4 is 0 Å². The molecule has 0 aliphatic carbocycles. The summed E-state index contributed by atoms with van der Waals surface area (Å²) < 4.78 is 24.2. The second-order valence-electron chi connectivity index (χ2n) is 1.95. The van der Waals surface area contributed by atoms with Crippen LogP contribution in [0.25, 0.3) is 0 Å². The molecule has 0 spiro atoms. The summed E-state index contributed by atoms with van der Waals surface area (Å²) in [5.41, 5.74) is 0. The lowest BCUT2D eigenvalue weighted by molar-refractivity contribution is 0.0544. The van der Waals surface area contributed by atoms with Crippen LogP contribution in [0.4, 0.5) is 8.78 Å². The van der Waals surface area contributed by atoms with E-state index in [-0.39, 0.29) is 6.42 Å². The van der Waals surface area contributed by atoms with Crippen molar-refractivity contribution in [3.63, 3.8) is 0 Å². The van der Waals surface area contributed by atoms with Gasteiger partial charge in [-0.25, -0.2) is 0 Å². The molecule has 0 saturated heterocycles. The van der Waals surface area contributed by atoms with Gasteiger partial charge in [-0.3, -0.25) is 0 Å². The summed E-state index contributed by atoms with van der Waals surface area (Å²) in [7, 11) is 0. The molecule has 0 aromatic rings. The third-order valence-corrected chi connectivity index (χ3v) is 1.06. The lowest BCUT2D eigenvalue weighted by Gasteiger charge is -2.05.